The van der Waals surface area contributed by atoms with Crippen molar-refractivity contribution in [2.45, 2.75) is 31.5 Å². The van der Waals surface area contributed by atoms with Crippen LogP contribution in [-0.4, -0.2) is 18.5 Å². The molecule has 1 atom stereocenters. The van der Waals surface area contributed by atoms with Crippen LogP contribution in [0.15, 0.2) is 24.3 Å². The van der Waals surface area contributed by atoms with E-state index >= 15 is 0 Å². The van der Waals surface area contributed by atoms with Crippen LogP contribution >= 0.6 is 15.9 Å². The summed E-state index contributed by atoms with van der Waals surface area (Å²) in [5.41, 5.74) is 1.13. The van der Waals surface area contributed by atoms with Crippen LogP contribution in [0.1, 0.15) is 30.9 Å². The van der Waals surface area contributed by atoms with Crippen molar-refractivity contribution in [1.29, 1.82) is 0 Å². The number of halogens is 1. The largest absolute Gasteiger partial charge is 0.496 e. The Morgan fingerprint density at radius 1 is 1.38 bits per heavy atom. The zero-order valence-corrected chi connectivity index (χ0v) is 11.1. The number of hydrogen-bond donors (Lipinski definition) is 0. The van der Waals surface area contributed by atoms with Crippen LogP contribution in [0.2, 0.25) is 0 Å². The molecule has 0 aromatic heterocycles. The summed E-state index contributed by atoms with van der Waals surface area (Å²) in [5.74, 6) is 0.909. The minimum Gasteiger partial charge on any atom is -0.496 e. The van der Waals surface area contributed by atoms with Gasteiger partial charge in [0.1, 0.15) is 5.75 Å². The molecule has 1 aliphatic carbocycles. The van der Waals surface area contributed by atoms with Crippen LogP contribution in [0.4, 0.5) is 0 Å². The average molecular weight is 285 g/mol. The Balaban J connectivity index is 2.11. The summed E-state index contributed by atoms with van der Waals surface area (Å²) in [5, 5.41) is 0.809. The first-order valence-corrected chi connectivity index (χ1v) is 6.81. The predicted molar refractivity (Wildman–Crippen MR) is 68.3 cm³/mol. The molecular formula is C13H17BrO2. The monoisotopic (exact) mass is 284 g/mol. The standard InChI is InChI=1S/C13H17BrO2/c1-15-12-8-3-2-7-11(12)13(9-14)16-10-5-4-6-10/h2-3,7-8,10,13H,4-6,9H2,1H3. The minimum absolute atomic E-state index is 0.0986. The molecule has 0 spiro atoms. The van der Waals surface area contributed by atoms with Crippen LogP contribution in [0, 0.1) is 0 Å². The number of para-hydroxylation sites is 1. The number of hydrogen-bond acceptors (Lipinski definition) is 2. The summed E-state index contributed by atoms with van der Waals surface area (Å²) >= 11 is 3.52. The van der Waals surface area contributed by atoms with E-state index in [-0.39, 0.29) is 6.10 Å². The molecular weight excluding hydrogens is 268 g/mol. The first-order chi connectivity index (χ1) is 7.85. The molecule has 1 aliphatic rings. The highest BCUT2D eigenvalue weighted by Gasteiger charge is 2.24. The molecule has 0 radical (unpaired) electrons. The van der Waals surface area contributed by atoms with Gasteiger partial charge in [0.25, 0.3) is 0 Å². The molecule has 0 aliphatic heterocycles. The summed E-state index contributed by atoms with van der Waals surface area (Å²) in [7, 11) is 1.70. The van der Waals surface area contributed by atoms with Crippen molar-refractivity contribution < 1.29 is 9.47 Å². The second-order valence-corrected chi connectivity index (χ2v) is 4.72. The summed E-state index contributed by atoms with van der Waals surface area (Å²) in [6.45, 7) is 0. The highest BCUT2D eigenvalue weighted by molar-refractivity contribution is 9.09. The summed E-state index contributed by atoms with van der Waals surface area (Å²) in [6.07, 6.45) is 4.22. The van der Waals surface area contributed by atoms with Crippen LogP contribution in [-0.2, 0) is 4.74 Å². The van der Waals surface area contributed by atoms with E-state index in [1.165, 1.54) is 19.3 Å². The third-order valence-corrected chi connectivity index (χ3v) is 3.62. The average Bonchev–Trinajstić information content (AvgIpc) is 2.28. The van der Waals surface area contributed by atoms with Gasteiger partial charge in [0, 0.05) is 10.9 Å². The lowest BCUT2D eigenvalue weighted by Crippen LogP contribution is -2.24. The summed E-state index contributed by atoms with van der Waals surface area (Å²) in [4.78, 5) is 0. The topological polar surface area (TPSA) is 18.5 Å². The van der Waals surface area contributed by atoms with Crippen LogP contribution in [0.5, 0.6) is 5.75 Å². The van der Waals surface area contributed by atoms with Gasteiger partial charge in [0.2, 0.25) is 0 Å². The quantitative estimate of drug-likeness (QED) is 0.768. The molecule has 88 valence electrons. The molecule has 3 heteroatoms. The Kier molecular flexibility index (Phi) is 4.24. The van der Waals surface area contributed by atoms with E-state index < -0.39 is 0 Å². The Morgan fingerprint density at radius 3 is 2.69 bits per heavy atom. The van der Waals surface area contributed by atoms with Gasteiger partial charge in [-0.3, -0.25) is 0 Å². The molecule has 0 heterocycles. The fraction of sp³-hybridized carbons (Fsp3) is 0.538. The highest BCUT2D eigenvalue weighted by atomic mass is 79.9. The van der Waals surface area contributed by atoms with E-state index in [0.29, 0.717) is 6.10 Å². The lowest BCUT2D eigenvalue weighted by atomic mass is 9.95. The number of rotatable bonds is 5. The third-order valence-electron chi connectivity index (χ3n) is 3.03. The van der Waals surface area contributed by atoms with Gasteiger partial charge in [-0.15, -0.1) is 0 Å². The van der Waals surface area contributed by atoms with Crippen molar-refractivity contribution in [2.75, 3.05) is 12.4 Å². The first kappa shape index (κ1) is 11.9. The molecule has 0 N–H and O–H groups in total. The second kappa shape index (κ2) is 5.69. The van der Waals surface area contributed by atoms with Crippen molar-refractivity contribution >= 4 is 15.9 Å². The molecule has 2 rings (SSSR count). The van der Waals surface area contributed by atoms with Crippen molar-refractivity contribution in [1.82, 2.24) is 0 Å². The fourth-order valence-electron chi connectivity index (χ4n) is 1.86. The summed E-state index contributed by atoms with van der Waals surface area (Å²) in [6, 6.07) is 8.06. The van der Waals surface area contributed by atoms with Crippen LogP contribution in [0.25, 0.3) is 0 Å². The predicted octanol–water partition coefficient (Wildman–Crippen LogP) is 3.70. The maximum Gasteiger partial charge on any atom is 0.124 e. The number of benzene rings is 1. The summed E-state index contributed by atoms with van der Waals surface area (Å²) < 4.78 is 11.4. The van der Waals surface area contributed by atoms with Gasteiger partial charge >= 0.3 is 0 Å². The molecule has 0 amide bonds. The van der Waals surface area contributed by atoms with E-state index in [2.05, 4.69) is 22.0 Å². The van der Waals surface area contributed by atoms with E-state index in [9.17, 15) is 0 Å². The molecule has 0 bridgehead atoms. The van der Waals surface area contributed by atoms with E-state index in [1.807, 2.05) is 18.2 Å². The smallest absolute Gasteiger partial charge is 0.124 e. The maximum atomic E-state index is 6.04. The van der Waals surface area contributed by atoms with Gasteiger partial charge in [-0.25, -0.2) is 0 Å². The van der Waals surface area contributed by atoms with Gasteiger partial charge in [-0.05, 0) is 25.3 Å². The van der Waals surface area contributed by atoms with Gasteiger partial charge in [-0.2, -0.15) is 0 Å². The Hall–Kier alpha value is -0.540. The highest BCUT2D eigenvalue weighted by Crippen LogP contribution is 2.33. The third kappa shape index (κ3) is 2.58. The molecule has 1 fully saturated rings. The van der Waals surface area contributed by atoms with Crippen molar-refractivity contribution in [3.05, 3.63) is 29.8 Å². The lowest BCUT2D eigenvalue weighted by molar-refractivity contribution is -0.0426. The SMILES string of the molecule is COc1ccccc1C(CBr)OC1CCC1. The molecule has 1 aromatic rings. The van der Waals surface area contributed by atoms with Crippen LogP contribution in [0.3, 0.4) is 0 Å². The van der Waals surface area contributed by atoms with E-state index in [1.54, 1.807) is 7.11 Å². The van der Waals surface area contributed by atoms with Gasteiger partial charge in [0.15, 0.2) is 0 Å². The van der Waals surface area contributed by atoms with Gasteiger partial charge < -0.3 is 9.47 Å². The molecule has 1 saturated carbocycles. The normalized spacial score (nSPS) is 17.9. The first-order valence-electron chi connectivity index (χ1n) is 5.69. The zero-order chi connectivity index (χ0) is 11.4. The molecule has 2 nitrogen and oxygen atoms in total. The van der Waals surface area contributed by atoms with Gasteiger partial charge in [0.05, 0.1) is 19.3 Å². The molecule has 0 saturated heterocycles. The molecule has 16 heavy (non-hydrogen) atoms. The van der Waals surface area contributed by atoms with Gasteiger partial charge in [-0.1, -0.05) is 34.1 Å². The number of methoxy groups -OCH3 is 1. The molecule has 1 unspecified atom stereocenters. The minimum atomic E-state index is 0.0986. The Morgan fingerprint density at radius 2 is 2.12 bits per heavy atom. The van der Waals surface area contributed by atoms with Crippen molar-refractivity contribution in [3.8, 4) is 5.75 Å². The van der Waals surface area contributed by atoms with Crippen molar-refractivity contribution in [2.24, 2.45) is 0 Å². The number of ether oxygens (including phenoxy) is 2. The van der Waals surface area contributed by atoms with E-state index in [4.69, 9.17) is 9.47 Å². The lowest BCUT2D eigenvalue weighted by Gasteiger charge is -2.30. The van der Waals surface area contributed by atoms with Crippen LogP contribution < -0.4 is 4.74 Å². The fourth-order valence-corrected chi connectivity index (χ4v) is 2.37. The van der Waals surface area contributed by atoms with Crippen molar-refractivity contribution in [3.63, 3.8) is 0 Å². The zero-order valence-electron chi connectivity index (χ0n) is 9.49. The Bertz CT molecular complexity index is 336. The maximum absolute atomic E-state index is 6.04. The molecule has 1 aromatic carbocycles. The van der Waals surface area contributed by atoms with E-state index in [0.717, 1.165) is 16.6 Å². The second-order valence-electron chi connectivity index (χ2n) is 4.07. The Labute approximate surface area is 105 Å². The number of alkyl halides is 1.